The van der Waals surface area contributed by atoms with Crippen molar-refractivity contribution in [1.82, 2.24) is 4.90 Å². The lowest BCUT2D eigenvalue weighted by molar-refractivity contribution is -0.136. The minimum Gasteiger partial charge on any atom is -0.409 e. The number of carbonyl (C=O) groups is 1. The predicted octanol–water partition coefficient (Wildman–Crippen LogP) is 2.18. The highest BCUT2D eigenvalue weighted by molar-refractivity contribution is 9.10. The van der Waals surface area contributed by atoms with E-state index in [2.05, 4.69) is 21.1 Å². The molecule has 0 saturated carbocycles. The molecule has 0 bridgehead atoms. The average Bonchev–Trinajstić information content (AvgIpc) is 2.39. The molecular formula is C13H18BrN3O2. The molecule has 0 saturated heterocycles. The number of benzene rings is 1. The summed E-state index contributed by atoms with van der Waals surface area (Å²) in [6.07, 6.45) is 0. The van der Waals surface area contributed by atoms with Crippen molar-refractivity contribution in [3.05, 3.63) is 34.3 Å². The molecule has 0 fully saturated rings. The van der Waals surface area contributed by atoms with E-state index in [0.717, 1.165) is 10.0 Å². The lowest BCUT2D eigenvalue weighted by Crippen LogP contribution is -2.46. The number of nitrogens with two attached hydrogens (primary N) is 1. The third-order valence-electron chi connectivity index (χ3n) is 2.99. The number of hydrogen-bond acceptors (Lipinski definition) is 3. The van der Waals surface area contributed by atoms with Gasteiger partial charge in [-0.1, -0.05) is 39.3 Å². The van der Waals surface area contributed by atoms with Crippen molar-refractivity contribution < 1.29 is 10.0 Å². The standard InChI is InChI=1S/C13H18BrN3O2/c1-13(2,11(15)16-19)12(18)17(3)8-9-6-4-5-7-10(9)14/h4-7,19H,8H2,1-3H3,(H2,15,16). The van der Waals surface area contributed by atoms with E-state index in [1.807, 2.05) is 24.3 Å². The third-order valence-corrected chi connectivity index (χ3v) is 3.77. The van der Waals surface area contributed by atoms with Crippen LogP contribution in [-0.2, 0) is 11.3 Å². The van der Waals surface area contributed by atoms with Crippen LogP contribution in [0, 0.1) is 5.41 Å². The van der Waals surface area contributed by atoms with E-state index in [1.165, 1.54) is 0 Å². The number of nitrogens with zero attached hydrogens (tertiary/aromatic N) is 2. The lowest BCUT2D eigenvalue weighted by atomic mass is 9.90. The molecule has 0 heterocycles. The van der Waals surface area contributed by atoms with Gasteiger partial charge in [0.25, 0.3) is 0 Å². The van der Waals surface area contributed by atoms with Crippen LogP contribution in [0.1, 0.15) is 19.4 Å². The molecule has 104 valence electrons. The first-order chi connectivity index (χ1) is 8.80. The maximum absolute atomic E-state index is 12.3. The van der Waals surface area contributed by atoms with E-state index in [1.54, 1.807) is 25.8 Å². The second kappa shape index (κ2) is 6.06. The van der Waals surface area contributed by atoms with Gasteiger partial charge in [-0.2, -0.15) is 0 Å². The van der Waals surface area contributed by atoms with Gasteiger partial charge in [0.1, 0.15) is 5.41 Å². The van der Waals surface area contributed by atoms with Crippen LogP contribution >= 0.6 is 15.9 Å². The SMILES string of the molecule is CN(Cc1ccccc1Br)C(=O)C(C)(C)C(N)=NO. The fourth-order valence-electron chi connectivity index (χ4n) is 1.67. The molecule has 0 unspecified atom stereocenters. The molecule has 0 spiro atoms. The maximum atomic E-state index is 12.3. The maximum Gasteiger partial charge on any atom is 0.235 e. The summed E-state index contributed by atoms with van der Waals surface area (Å²) in [5.74, 6) is -0.310. The van der Waals surface area contributed by atoms with Gasteiger partial charge >= 0.3 is 0 Å². The summed E-state index contributed by atoms with van der Waals surface area (Å²) in [6, 6.07) is 7.68. The first kappa shape index (κ1) is 15.5. The van der Waals surface area contributed by atoms with Crippen LogP contribution < -0.4 is 5.73 Å². The molecule has 1 aromatic rings. The Morgan fingerprint density at radius 1 is 1.47 bits per heavy atom. The Hall–Kier alpha value is -1.56. The molecule has 0 aliphatic rings. The van der Waals surface area contributed by atoms with Crippen LogP contribution in [-0.4, -0.2) is 28.9 Å². The van der Waals surface area contributed by atoms with Gasteiger partial charge in [-0.3, -0.25) is 4.79 Å². The summed E-state index contributed by atoms with van der Waals surface area (Å²) in [6.45, 7) is 3.70. The molecular weight excluding hydrogens is 310 g/mol. The molecule has 1 amide bonds. The molecule has 0 aliphatic carbocycles. The fourth-order valence-corrected chi connectivity index (χ4v) is 2.08. The van der Waals surface area contributed by atoms with Gasteiger partial charge in [0.2, 0.25) is 5.91 Å². The Morgan fingerprint density at radius 3 is 2.58 bits per heavy atom. The van der Waals surface area contributed by atoms with Gasteiger partial charge in [-0.15, -0.1) is 0 Å². The molecule has 5 nitrogen and oxygen atoms in total. The molecule has 1 rings (SSSR count). The van der Waals surface area contributed by atoms with Crippen molar-refractivity contribution in [2.45, 2.75) is 20.4 Å². The second-order valence-corrected chi connectivity index (χ2v) is 5.72. The monoisotopic (exact) mass is 327 g/mol. The molecule has 0 aliphatic heterocycles. The Labute approximate surface area is 121 Å². The predicted molar refractivity (Wildman–Crippen MR) is 77.8 cm³/mol. The Balaban J connectivity index is 2.87. The summed E-state index contributed by atoms with van der Waals surface area (Å²) in [5.41, 5.74) is 5.51. The minimum atomic E-state index is -1.04. The van der Waals surface area contributed by atoms with Crippen LogP contribution in [0.5, 0.6) is 0 Å². The average molecular weight is 328 g/mol. The number of oxime groups is 1. The zero-order chi connectivity index (χ0) is 14.6. The largest absolute Gasteiger partial charge is 0.409 e. The van der Waals surface area contributed by atoms with Gasteiger partial charge in [0, 0.05) is 18.1 Å². The van der Waals surface area contributed by atoms with Gasteiger partial charge in [-0.25, -0.2) is 0 Å². The smallest absolute Gasteiger partial charge is 0.235 e. The third kappa shape index (κ3) is 3.47. The van der Waals surface area contributed by atoms with E-state index in [9.17, 15) is 4.79 Å². The van der Waals surface area contributed by atoms with Gasteiger partial charge in [0.05, 0.1) is 0 Å². The Morgan fingerprint density at radius 2 is 2.05 bits per heavy atom. The van der Waals surface area contributed by atoms with Crippen LogP contribution in [0.25, 0.3) is 0 Å². The van der Waals surface area contributed by atoms with Gasteiger partial charge in [0.15, 0.2) is 5.84 Å². The lowest BCUT2D eigenvalue weighted by Gasteiger charge is -2.28. The van der Waals surface area contributed by atoms with Crippen molar-refractivity contribution in [3.63, 3.8) is 0 Å². The van der Waals surface area contributed by atoms with E-state index < -0.39 is 5.41 Å². The van der Waals surface area contributed by atoms with E-state index >= 15 is 0 Å². The first-order valence-electron chi connectivity index (χ1n) is 5.77. The number of rotatable bonds is 4. The molecule has 1 aromatic carbocycles. The summed E-state index contributed by atoms with van der Waals surface area (Å²) in [4.78, 5) is 13.9. The minimum absolute atomic E-state index is 0.100. The molecule has 19 heavy (non-hydrogen) atoms. The highest BCUT2D eigenvalue weighted by Gasteiger charge is 2.35. The van der Waals surface area contributed by atoms with Crippen LogP contribution in [0.2, 0.25) is 0 Å². The van der Waals surface area contributed by atoms with Crippen molar-refractivity contribution in [1.29, 1.82) is 0 Å². The zero-order valence-electron chi connectivity index (χ0n) is 11.2. The zero-order valence-corrected chi connectivity index (χ0v) is 12.8. The highest BCUT2D eigenvalue weighted by Crippen LogP contribution is 2.22. The van der Waals surface area contributed by atoms with E-state index in [4.69, 9.17) is 10.9 Å². The number of carbonyl (C=O) groups excluding carboxylic acids is 1. The summed E-state index contributed by atoms with van der Waals surface area (Å²) in [5, 5.41) is 11.6. The van der Waals surface area contributed by atoms with Crippen molar-refractivity contribution >= 4 is 27.7 Å². The summed E-state index contributed by atoms with van der Waals surface area (Å²) < 4.78 is 0.941. The second-order valence-electron chi connectivity index (χ2n) is 4.86. The van der Waals surface area contributed by atoms with Crippen molar-refractivity contribution in [3.8, 4) is 0 Å². The van der Waals surface area contributed by atoms with Crippen molar-refractivity contribution in [2.75, 3.05) is 7.05 Å². The van der Waals surface area contributed by atoms with Crippen molar-refractivity contribution in [2.24, 2.45) is 16.3 Å². The molecule has 0 atom stereocenters. The van der Waals surface area contributed by atoms with E-state index in [0.29, 0.717) is 6.54 Å². The highest BCUT2D eigenvalue weighted by atomic mass is 79.9. The molecule has 0 aromatic heterocycles. The number of amides is 1. The number of amidine groups is 1. The molecule has 0 radical (unpaired) electrons. The van der Waals surface area contributed by atoms with Gasteiger partial charge < -0.3 is 15.8 Å². The van der Waals surface area contributed by atoms with Gasteiger partial charge in [-0.05, 0) is 25.5 Å². The Bertz CT molecular complexity index is 500. The topological polar surface area (TPSA) is 78.9 Å². The fraction of sp³-hybridized carbons (Fsp3) is 0.385. The number of halogens is 1. The van der Waals surface area contributed by atoms with Crippen LogP contribution in [0.3, 0.4) is 0 Å². The van der Waals surface area contributed by atoms with E-state index in [-0.39, 0.29) is 11.7 Å². The molecule has 3 N–H and O–H groups in total. The molecule has 6 heteroatoms. The normalized spacial score (nSPS) is 12.3. The number of hydrogen-bond donors (Lipinski definition) is 2. The quantitative estimate of drug-likeness (QED) is 0.385. The van der Waals surface area contributed by atoms with Crippen LogP contribution in [0.4, 0.5) is 0 Å². The first-order valence-corrected chi connectivity index (χ1v) is 6.57. The summed E-state index contributed by atoms with van der Waals surface area (Å²) >= 11 is 3.44. The summed E-state index contributed by atoms with van der Waals surface area (Å²) in [7, 11) is 1.69. The Kier molecular flexibility index (Phi) is 4.94. The van der Waals surface area contributed by atoms with Crippen LogP contribution in [0.15, 0.2) is 33.9 Å².